The van der Waals surface area contributed by atoms with E-state index in [0.29, 0.717) is 13.2 Å². The molecule has 2 aromatic carbocycles. The number of hydrogen-bond acceptors (Lipinski definition) is 6. The zero-order valence-corrected chi connectivity index (χ0v) is 17.2. The average Bonchev–Trinajstić information content (AvgIpc) is 2.70. The number of nitrogens with zero attached hydrogens (tertiary/aromatic N) is 1. The van der Waals surface area contributed by atoms with Crippen molar-refractivity contribution in [3.05, 3.63) is 65.7 Å². The predicted octanol–water partition coefficient (Wildman–Crippen LogP) is 2.48. The Morgan fingerprint density at radius 3 is 2.41 bits per heavy atom. The Kier molecular flexibility index (Phi) is 12.5. The molecule has 0 fully saturated rings. The van der Waals surface area contributed by atoms with E-state index in [4.69, 9.17) is 26.1 Å². The molecule has 0 spiro atoms. The van der Waals surface area contributed by atoms with Crippen LogP contribution in [0, 0.1) is 6.92 Å². The summed E-state index contributed by atoms with van der Waals surface area (Å²) in [6, 6.07) is 17.8. The van der Waals surface area contributed by atoms with Crippen LogP contribution in [-0.4, -0.2) is 36.8 Å². The molecule has 9 heteroatoms. The molecule has 0 amide bonds. The first-order valence-electron chi connectivity index (χ1n) is 8.98. The first-order valence-corrected chi connectivity index (χ1v) is 9.96. The number of carbonyl (C=O) groups is 1. The first-order chi connectivity index (χ1) is 14.0. The van der Waals surface area contributed by atoms with E-state index in [9.17, 15) is 4.79 Å². The van der Waals surface area contributed by atoms with Crippen LogP contribution in [0.5, 0.6) is 5.75 Å². The first kappa shape index (κ1) is 24.1. The average molecular weight is 421 g/mol. The van der Waals surface area contributed by atoms with Crippen molar-refractivity contribution in [1.29, 1.82) is 0 Å². The maximum absolute atomic E-state index is 10.1. The summed E-state index contributed by atoms with van der Waals surface area (Å²) in [7, 11) is 0. The van der Waals surface area contributed by atoms with Gasteiger partial charge in [0.25, 0.3) is 0 Å². The van der Waals surface area contributed by atoms with Gasteiger partial charge in [0.15, 0.2) is 0 Å². The Balaban J connectivity index is 0.000000296. The summed E-state index contributed by atoms with van der Waals surface area (Å²) in [5, 5.41) is 11.7. The molecular weight excluding hydrogens is 392 g/mol. The Bertz CT molecular complexity index is 723. The molecule has 0 aliphatic heterocycles. The molecule has 0 saturated carbocycles. The Morgan fingerprint density at radius 1 is 1.10 bits per heavy atom. The number of oxime groups is 1. The molecule has 6 N–H and O–H groups in total. The van der Waals surface area contributed by atoms with E-state index in [1.807, 2.05) is 61.5 Å². The number of guanidine groups is 1. The van der Waals surface area contributed by atoms with E-state index in [1.54, 1.807) is 0 Å². The molecule has 158 valence electrons. The molecule has 0 atom stereocenters. The van der Waals surface area contributed by atoms with Crippen LogP contribution >= 0.6 is 11.9 Å². The SMILES string of the molecule is Cc1ccc(OCCCON=C(N)N)cc1.O=C(O)CNSCc1ccccc1. The molecule has 29 heavy (non-hydrogen) atoms. The maximum atomic E-state index is 10.1. The van der Waals surface area contributed by atoms with Gasteiger partial charge in [-0.05, 0) is 29.8 Å². The fourth-order valence-electron chi connectivity index (χ4n) is 1.89. The maximum Gasteiger partial charge on any atom is 0.318 e. The molecule has 0 saturated heterocycles. The van der Waals surface area contributed by atoms with Crippen molar-refractivity contribution in [3.8, 4) is 5.75 Å². The lowest BCUT2D eigenvalue weighted by molar-refractivity contribution is -0.135. The van der Waals surface area contributed by atoms with Crippen molar-refractivity contribution in [2.24, 2.45) is 16.6 Å². The van der Waals surface area contributed by atoms with Crippen molar-refractivity contribution in [3.63, 3.8) is 0 Å². The van der Waals surface area contributed by atoms with Crippen LogP contribution in [0.4, 0.5) is 0 Å². The van der Waals surface area contributed by atoms with E-state index in [1.165, 1.54) is 23.1 Å². The van der Waals surface area contributed by atoms with E-state index < -0.39 is 5.97 Å². The zero-order valence-electron chi connectivity index (χ0n) is 16.4. The summed E-state index contributed by atoms with van der Waals surface area (Å²) < 4.78 is 8.23. The summed E-state index contributed by atoms with van der Waals surface area (Å²) in [6.07, 6.45) is 0.727. The number of hydrogen-bond donors (Lipinski definition) is 4. The van der Waals surface area contributed by atoms with Crippen molar-refractivity contribution in [2.75, 3.05) is 19.8 Å². The number of ether oxygens (including phenoxy) is 1. The minimum atomic E-state index is -0.833. The monoisotopic (exact) mass is 420 g/mol. The zero-order chi connectivity index (χ0) is 21.3. The second-order valence-electron chi connectivity index (χ2n) is 5.85. The van der Waals surface area contributed by atoms with Crippen LogP contribution in [-0.2, 0) is 15.4 Å². The third kappa shape index (κ3) is 13.8. The van der Waals surface area contributed by atoms with Gasteiger partial charge in [-0.25, -0.2) is 0 Å². The number of nitrogens with two attached hydrogens (primary N) is 2. The molecule has 0 aromatic heterocycles. The lowest BCUT2D eigenvalue weighted by Gasteiger charge is -2.05. The van der Waals surface area contributed by atoms with E-state index in [0.717, 1.165) is 17.9 Å². The number of rotatable bonds is 11. The van der Waals surface area contributed by atoms with Gasteiger partial charge >= 0.3 is 5.97 Å². The van der Waals surface area contributed by atoms with Gasteiger partial charge in [0.05, 0.1) is 6.61 Å². The summed E-state index contributed by atoms with van der Waals surface area (Å²) in [4.78, 5) is 14.9. The van der Waals surface area contributed by atoms with Crippen molar-refractivity contribution >= 4 is 23.9 Å². The number of carboxylic acid groups (broad SMARTS) is 1. The molecule has 2 rings (SSSR count). The highest BCUT2D eigenvalue weighted by Crippen LogP contribution is 2.11. The van der Waals surface area contributed by atoms with E-state index in [2.05, 4.69) is 9.88 Å². The van der Waals surface area contributed by atoms with Gasteiger partial charge in [0.1, 0.15) is 18.9 Å². The van der Waals surface area contributed by atoms with Gasteiger partial charge < -0.3 is 26.1 Å². The fraction of sp³-hybridized carbons (Fsp3) is 0.300. The second kappa shape index (κ2) is 15.1. The molecule has 0 aliphatic carbocycles. The van der Waals surface area contributed by atoms with Gasteiger partial charge in [-0.2, -0.15) is 0 Å². The smallest absolute Gasteiger partial charge is 0.318 e. The summed E-state index contributed by atoms with van der Waals surface area (Å²) in [5.41, 5.74) is 12.6. The van der Waals surface area contributed by atoms with Crippen LogP contribution in [0.15, 0.2) is 59.8 Å². The molecule has 0 aliphatic rings. The van der Waals surface area contributed by atoms with Crippen molar-refractivity contribution < 1.29 is 19.5 Å². The van der Waals surface area contributed by atoms with Crippen LogP contribution in [0.3, 0.4) is 0 Å². The van der Waals surface area contributed by atoms with Crippen LogP contribution < -0.4 is 20.9 Å². The second-order valence-corrected chi connectivity index (χ2v) is 6.72. The fourth-order valence-corrected chi connectivity index (χ4v) is 2.58. The number of benzene rings is 2. The molecular formula is C20H28N4O4S. The van der Waals surface area contributed by atoms with E-state index in [-0.39, 0.29) is 12.5 Å². The van der Waals surface area contributed by atoms with E-state index >= 15 is 0 Å². The number of aliphatic carboxylic acids is 1. The minimum absolute atomic E-state index is 0.00248. The lowest BCUT2D eigenvalue weighted by atomic mass is 10.2. The summed E-state index contributed by atoms with van der Waals surface area (Å²) in [6.45, 7) is 3.04. The van der Waals surface area contributed by atoms with Crippen molar-refractivity contribution in [1.82, 2.24) is 4.72 Å². The Hall–Kier alpha value is -2.91. The number of carboxylic acids is 1. The Labute approximate surface area is 175 Å². The predicted molar refractivity (Wildman–Crippen MR) is 116 cm³/mol. The largest absolute Gasteiger partial charge is 0.493 e. The van der Waals surface area contributed by atoms with Crippen LogP contribution in [0.25, 0.3) is 0 Å². The van der Waals surface area contributed by atoms with Gasteiger partial charge in [-0.3, -0.25) is 9.52 Å². The third-order valence-corrected chi connectivity index (χ3v) is 4.07. The highest BCUT2D eigenvalue weighted by Gasteiger charge is 1.96. The molecule has 0 bridgehead atoms. The lowest BCUT2D eigenvalue weighted by Crippen LogP contribution is -2.23. The topological polar surface area (TPSA) is 132 Å². The standard InChI is InChI=1S/C11H17N3O2.C9H11NO2S/c1-9-3-5-10(6-4-9)15-7-2-8-16-14-11(12)13;11-9(12)6-10-13-7-8-4-2-1-3-5-8/h3-6H,2,7-8H2,1H3,(H4,12,13,14);1-5,10H,6-7H2,(H,11,12). The molecule has 2 aromatic rings. The highest BCUT2D eigenvalue weighted by molar-refractivity contribution is 7.96. The number of aryl methyl sites for hydroxylation is 1. The highest BCUT2D eigenvalue weighted by atomic mass is 32.2. The minimum Gasteiger partial charge on any atom is -0.493 e. The normalized spacial score (nSPS) is 9.69. The molecule has 0 unspecified atom stereocenters. The molecule has 8 nitrogen and oxygen atoms in total. The summed E-state index contributed by atoms with van der Waals surface area (Å²) >= 11 is 1.40. The molecule has 0 radical (unpaired) electrons. The van der Waals surface area contributed by atoms with Gasteiger partial charge in [-0.1, -0.05) is 60.0 Å². The molecule has 0 heterocycles. The van der Waals surface area contributed by atoms with Gasteiger partial charge in [0.2, 0.25) is 5.96 Å². The van der Waals surface area contributed by atoms with Gasteiger partial charge in [0, 0.05) is 12.2 Å². The van der Waals surface area contributed by atoms with Crippen LogP contribution in [0.2, 0.25) is 0 Å². The van der Waals surface area contributed by atoms with Gasteiger partial charge in [-0.15, -0.1) is 0 Å². The Morgan fingerprint density at radius 2 is 1.79 bits per heavy atom. The van der Waals surface area contributed by atoms with Crippen LogP contribution in [0.1, 0.15) is 17.5 Å². The van der Waals surface area contributed by atoms with Crippen molar-refractivity contribution in [2.45, 2.75) is 19.1 Å². The number of nitrogens with one attached hydrogen (secondary N) is 1. The quantitative estimate of drug-likeness (QED) is 0.143. The third-order valence-electron chi connectivity index (χ3n) is 3.25. The summed E-state index contributed by atoms with van der Waals surface area (Å²) in [5.74, 6) is 0.737.